The first-order valence-electron chi connectivity index (χ1n) is 8.70. The van der Waals surface area contributed by atoms with E-state index >= 15 is 0 Å². The number of nitrogens with one attached hydrogen (secondary N) is 1. The predicted molar refractivity (Wildman–Crippen MR) is 104 cm³/mol. The van der Waals surface area contributed by atoms with Crippen molar-refractivity contribution in [2.24, 2.45) is 0 Å². The van der Waals surface area contributed by atoms with E-state index in [-0.39, 0.29) is 35.9 Å². The van der Waals surface area contributed by atoms with Crippen LogP contribution in [0.25, 0.3) is 0 Å². The highest BCUT2D eigenvalue weighted by atomic mass is 32.2. The molecule has 1 N–H and O–H groups in total. The second-order valence-electron chi connectivity index (χ2n) is 5.88. The summed E-state index contributed by atoms with van der Waals surface area (Å²) in [5, 5.41) is 11.1. The fourth-order valence-corrected chi connectivity index (χ4v) is 3.11. The fraction of sp³-hybridized carbons (Fsp3) is 0.444. The van der Waals surface area contributed by atoms with Crippen LogP contribution in [0.1, 0.15) is 47.4 Å². The molecule has 0 aliphatic rings. The number of rotatable bonds is 12. The Morgan fingerprint density at radius 3 is 2.31 bits per heavy atom. The number of nitrogens with zero attached hydrogens (tertiary/aromatic N) is 1. The zero-order chi connectivity index (χ0) is 21.8. The highest BCUT2D eigenvalue weighted by molar-refractivity contribution is 8.14. The second-order valence-corrected chi connectivity index (χ2v) is 6.88. The Hall–Kier alpha value is -2.95. The van der Waals surface area contributed by atoms with Gasteiger partial charge in [-0.05, 0) is 25.8 Å². The molecule has 0 saturated heterocycles. The van der Waals surface area contributed by atoms with E-state index in [1.807, 2.05) is 0 Å². The lowest BCUT2D eigenvalue weighted by molar-refractivity contribution is -0.757. The summed E-state index contributed by atoms with van der Waals surface area (Å²) >= 11 is 0.788. The van der Waals surface area contributed by atoms with Crippen LogP contribution in [-0.2, 0) is 19.2 Å². The average Bonchev–Trinajstić information content (AvgIpc) is 2.66. The molecular formula is C18H22N2O8S. The third-order valence-electron chi connectivity index (χ3n) is 3.55. The minimum absolute atomic E-state index is 0.0121. The van der Waals surface area contributed by atoms with Crippen LogP contribution in [-0.4, -0.2) is 52.9 Å². The van der Waals surface area contributed by atoms with Crippen molar-refractivity contribution in [3.05, 3.63) is 45.5 Å². The largest absolute Gasteiger partial charge is 0.464 e. The topological polar surface area (TPSA) is 142 Å². The van der Waals surface area contributed by atoms with Crippen LogP contribution in [0.5, 0.6) is 0 Å². The summed E-state index contributed by atoms with van der Waals surface area (Å²) < 4.78 is 5.05. The number of ketones is 1. The molecule has 0 bridgehead atoms. The fourth-order valence-electron chi connectivity index (χ4n) is 2.24. The molecule has 0 aliphatic carbocycles. The Balaban J connectivity index is 2.59. The molecule has 0 radical (unpaired) electrons. The molecule has 0 saturated carbocycles. The Labute approximate surface area is 171 Å². The Kier molecular flexibility index (Phi) is 10.4. The molecule has 0 fully saturated rings. The second kappa shape index (κ2) is 12.5. The van der Waals surface area contributed by atoms with Gasteiger partial charge in [0.25, 0.3) is 5.09 Å². The maximum absolute atomic E-state index is 12.4. The van der Waals surface area contributed by atoms with Gasteiger partial charge in [0.05, 0.1) is 13.2 Å². The van der Waals surface area contributed by atoms with Gasteiger partial charge in [-0.1, -0.05) is 30.0 Å². The SMILES string of the molecule is CC(=O)NC(CSC(=O)c1ccccc1C(C)=O)C(=O)OCCCCO[N+](=O)[O-]. The van der Waals surface area contributed by atoms with Crippen molar-refractivity contribution in [1.82, 2.24) is 5.32 Å². The van der Waals surface area contributed by atoms with Gasteiger partial charge in [-0.25, -0.2) is 4.79 Å². The van der Waals surface area contributed by atoms with Gasteiger partial charge in [0, 0.05) is 23.8 Å². The molecule has 0 spiro atoms. The van der Waals surface area contributed by atoms with Gasteiger partial charge in [0.1, 0.15) is 6.04 Å². The van der Waals surface area contributed by atoms with Gasteiger partial charge in [-0.3, -0.25) is 14.4 Å². The number of benzene rings is 1. The molecule has 1 aromatic rings. The highest BCUT2D eigenvalue weighted by Gasteiger charge is 2.24. The molecule has 11 heteroatoms. The number of carbonyl (C=O) groups is 4. The summed E-state index contributed by atoms with van der Waals surface area (Å²) in [6.45, 7) is 2.46. The van der Waals surface area contributed by atoms with Gasteiger partial charge < -0.3 is 14.9 Å². The number of unbranched alkanes of at least 4 members (excludes halogenated alkanes) is 1. The normalized spacial score (nSPS) is 11.2. The van der Waals surface area contributed by atoms with Crippen LogP contribution >= 0.6 is 11.8 Å². The van der Waals surface area contributed by atoms with Gasteiger partial charge >= 0.3 is 5.97 Å². The monoisotopic (exact) mass is 426 g/mol. The summed E-state index contributed by atoms with van der Waals surface area (Å²) in [6.07, 6.45) is 0.651. The molecule has 1 rings (SSSR count). The minimum Gasteiger partial charge on any atom is -0.464 e. The lowest BCUT2D eigenvalue weighted by Crippen LogP contribution is -2.43. The lowest BCUT2D eigenvalue weighted by Gasteiger charge is -2.16. The molecule has 1 amide bonds. The van der Waals surface area contributed by atoms with Crippen LogP contribution in [0.3, 0.4) is 0 Å². The molecule has 0 aromatic heterocycles. The quantitative estimate of drug-likeness (QED) is 0.174. The third-order valence-corrected chi connectivity index (χ3v) is 4.53. The van der Waals surface area contributed by atoms with Crippen LogP contribution in [0.2, 0.25) is 0 Å². The standard InChI is InChI=1S/C18H22N2O8S/c1-12(21)14-7-3-4-8-15(14)18(24)29-11-16(19-13(2)22)17(23)27-9-5-6-10-28-20(25)26/h3-4,7-8,16H,5-6,9-11H2,1-2H3,(H,19,22). The molecular weight excluding hydrogens is 404 g/mol. The molecule has 0 heterocycles. The van der Waals surface area contributed by atoms with Crippen molar-refractivity contribution in [2.75, 3.05) is 19.0 Å². The van der Waals surface area contributed by atoms with Crippen LogP contribution in [0.4, 0.5) is 0 Å². The van der Waals surface area contributed by atoms with Gasteiger partial charge in [-0.2, -0.15) is 0 Å². The van der Waals surface area contributed by atoms with Crippen molar-refractivity contribution in [2.45, 2.75) is 32.7 Å². The van der Waals surface area contributed by atoms with Gasteiger partial charge in [-0.15, -0.1) is 10.1 Å². The first kappa shape index (κ1) is 24.1. The maximum Gasteiger partial charge on any atom is 0.329 e. The van der Waals surface area contributed by atoms with E-state index in [4.69, 9.17) is 4.74 Å². The van der Waals surface area contributed by atoms with E-state index in [0.29, 0.717) is 12.8 Å². The first-order chi connectivity index (χ1) is 13.7. The summed E-state index contributed by atoms with van der Waals surface area (Å²) in [4.78, 5) is 61.8. The molecule has 1 unspecified atom stereocenters. The Morgan fingerprint density at radius 2 is 1.72 bits per heavy atom. The highest BCUT2D eigenvalue weighted by Crippen LogP contribution is 2.18. The van der Waals surface area contributed by atoms with E-state index in [0.717, 1.165) is 11.8 Å². The van der Waals surface area contributed by atoms with Gasteiger partial charge in [0.2, 0.25) is 11.0 Å². The van der Waals surface area contributed by atoms with E-state index in [1.54, 1.807) is 18.2 Å². The number of ether oxygens (including phenoxy) is 1. The number of Topliss-reactive ketones (excluding diaryl/α,β-unsaturated/α-hetero) is 1. The first-order valence-corrected chi connectivity index (χ1v) is 9.69. The van der Waals surface area contributed by atoms with Gasteiger partial charge in [0.15, 0.2) is 5.78 Å². The van der Waals surface area contributed by atoms with E-state index in [1.165, 1.54) is 19.9 Å². The van der Waals surface area contributed by atoms with Crippen molar-refractivity contribution in [3.63, 3.8) is 0 Å². The Morgan fingerprint density at radius 1 is 1.10 bits per heavy atom. The number of esters is 1. The number of amides is 1. The summed E-state index contributed by atoms with van der Waals surface area (Å²) in [6, 6.07) is 5.28. The summed E-state index contributed by atoms with van der Waals surface area (Å²) in [5.74, 6) is -1.53. The number of hydrogen-bond donors (Lipinski definition) is 1. The lowest BCUT2D eigenvalue weighted by atomic mass is 10.1. The predicted octanol–water partition coefficient (Wildman–Crippen LogP) is 1.80. The number of thioether (sulfide) groups is 1. The van der Waals surface area contributed by atoms with E-state index < -0.39 is 28.1 Å². The number of hydrogen-bond acceptors (Lipinski definition) is 9. The molecule has 1 atom stereocenters. The molecule has 158 valence electrons. The average molecular weight is 426 g/mol. The van der Waals surface area contributed by atoms with Crippen molar-refractivity contribution in [1.29, 1.82) is 0 Å². The maximum atomic E-state index is 12.4. The van der Waals surface area contributed by atoms with Crippen LogP contribution in [0, 0.1) is 10.1 Å². The van der Waals surface area contributed by atoms with Crippen LogP contribution in [0.15, 0.2) is 24.3 Å². The van der Waals surface area contributed by atoms with E-state index in [9.17, 15) is 29.3 Å². The third kappa shape index (κ3) is 9.19. The Bertz CT molecular complexity index is 768. The summed E-state index contributed by atoms with van der Waals surface area (Å²) in [7, 11) is 0. The zero-order valence-corrected chi connectivity index (χ0v) is 16.9. The minimum atomic E-state index is -1.05. The van der Waals surface area contributed by atoms with Crippen molar-refractivity contribution < 1.29 is 33.8 Å². The molecule has 10 nitrogen and oxygen atoms in total. The smallest absolute Gasteiger partial charge is 0.329 e. The van der Waals surface area contributed by atoms with E-state index in [2.05, 4.69) is 10.2 Å². The van der Waals surface area contributed by atoms with Crippen LogP contribution < -0.4 is 5.32 Å². The van der Waals surface area contributed by atoms with Crippen molar-refractivity contribution in [3.8, 4) is 0 Å². The zero-order valence-electron chi connectivity index (χ0n) is 16.0. The van der Waals surface area contributed by atoms with Crippen molar-refractivity contribution >= 4 is 34.5 Å². The molecule has 0 aliphatic heterocycles. The molecule has 29 heavy (non-hydrogen) atoms. The molecule has 1 aromatic carbocycles. The summed E-state index contributed by atoms with van der Waals surface area (Å²) in [5.41, 5.74) is 0.506. The number of carbonyl (C=O) groups excluding carboxylic acids is 4.